The third kappa shape index (κ3) is 3.87. The van der Waals surface area contributed by atoms with Gasteiger partial charge in [0.15, 0.2) is 0 Å². The maximum Gasteiger partial charge on any atom is 0.321 e. The van der Waals surface area contributed by atoms with E-state index in [-0.39, 0.29) is 12.1 Å². The number of benzene rings is 1. The summed E-state index contributed by atoms with van der Waals surface area (Å²) in [7, 11) is 1.74. The second-order valence-corrected chi connectivity index (χ2v) is 6.07. The fourth-order valence-electron chi connectivity index (χ4n) is 2.94. The maximum atomic E-state index is 12.1. The van der Waals surface area contributed by atoms with Crippen LogP contribution in [0.15, 0.2) is 36.7 Å². The molecule has 3 rings (SSSR count). The van der Waals surface area contributed by atoms with Gasteiger partial charge in [0.1, 0.15) is 6.33 Å². The number of carbonyl (C=O) groups excluding carboxylic acids is 1. The van der Waals surface area contributed by atoms with E-state index in [9.17, 15) is 4.79 Å². The average molecular weight is 314 g/mol. The molecule has 7 heteroatoms. The van der Waals surface area contributed by atoms with Crippen molar-refractivity contribution < 1.29 is 4.79 Å². The summed E-state index contributed by atoms with van der Waals surface area (Å²) in [5.74, 6) is 0.846. The number of hydrogen-bond donors (Lipinski definition) is 2. The zero-order valence-electron chi connectivity index (χ0n) is 13.4. The van der Waals surface area contributed by atoms with Gasteiger partial charge in [0, 0.05) is 32.7 Å². The Hall–Kier alpha value is -2.41. The first-order valence-electron chi connectivity index (χ1n) is 7.79. The molecule has 0 aliphatic carbocycles. The number of nitrogens with one attached hydrogen (secondary N) is 2. The van der Waals surface area contributed by atoms with Gasteiger partial charge in [-0.25, -0.2) is 9.48 Å². The lowest BCUT2D eigenvalue weighted by Gasteiger charge is -2.17. The number of aromatic nitrogens is 3. The molecule has 1 fully saturated rings. The molecule has 0 saturated carbocycles. The van der Waals surface area contributed by atoms with E-state index < -0.39 is 0 Å². The van der Waals surface area contributed by atoms with Crippen LogP contribution in [0.2, 0.25) is 0 Å². The summed E-state index contributed by atoms with van der Waals surface area (Å²) < 4.78 is 1.53. The van der Waals surface area contributed by atoms with Crippen molar-refractivity contribution >= 4 is 12.0 Å². The van der Waals surface area contributed by atoms with E-state index in [2.05, 4.69) is 56.8 Å². The minimum atomic E-state index is -0.237. The van der Waals surface area contributed by atoms with Crippen LogP contribution < -0.4 is 10.6 Å². The lowest BCUT2D eigenvalue weighted by molar-refractivity contribution is 0.245. The molecule has 1 saturated heterocycles. The molecule has 2 amide bonds. The van der Waals surface area contributed by atoms with Gasteiger partial charge in [-0.2, -0.15) is 10.1 Å². The predicted molar refractivity (Wildman–Crippen MR) is 87.8 cm³/mol. The molecule has 1 aliphatic rings. The standard InChI is InChI=1S/C16H22N6O/c1-12-8-22(9-13-6-4-3-5-7-13)10-14(12)19-16(23)20-15-17-11-18-21(15)2/h3-7,11-12,14H,8-10H2,1-2H3,(H2,17,18,19,20,23)/t12-,14+/m1/s1. The molecule has 0 bridgehead atoms. The van der Waals surface area contributed by atoms with Crippen molar-refractivity contribution in [2.75, 3.05) is 18.4 Å². The largest absolute Gasteiger partial charge is 0.333 e. The van der Waals surface area contributed by atoms with Gasteiger partial charge in [-0.1, -0.05) is 37.3 Å². The Morgan fingerprint density at radius 1 is 1.30 bits per heavy atom. The minimum Gasteiger partial charge on any atom is -0.333 e. The predicted octanol–water partition coefficient (Wildman–Crippen LogP) is 1.46. The van der Waals surface area contributed by atoms with Crippen LogP contribution in [0, 0.1) is 5.92 Å². The van der Waals surface area contributed by atoms with Crippen LogP contribution >= 0.6 is 0 Å². The molecule has 2 aromatic rings. The number of urea groups is 1. The summed E-state index contributed by atoms with van der Waals surface area (Å²) >= 11 is 0. The average Bonchev–Trinajstić information content (AvgIpc) is 3.07. The van der Waals surface area contributed by atoms with E-state index in [1.54, 1.807) is 7.05 Å². The highest BCUT2D eigenvalue weighted by Crippen LogP contribution is 2.19. The molecule has 1 aromatic heterocycles. The second-order valence-electron chi connectivity index (χ2n) is 6.07. The Morgan fingerprint density at radius 2 is 2.09 bits per heavy atom. The van der Waals surface area contributed by atoms with Gasteiger partial charge >= 0.3 is 6.03 Å². The van der Waals surface area contributed by atoms with Crippen molar-refractivity contribution in [1.82, 2.24) is 25.0 Å². The third-order valence-corrected chi connectivity index (χ3v) is 4.19. The quantitative estimate of drug-likeness (QED) is 0.896. The molecule has 2 atom stereocenters. The highest BCUT2D eigenvalue weighted by molar-refractivity contribution is 5.87. The molecule has 0 spiro atoms. The van der Waals surface area contributed by atoms with E-state index in [1.165, 1.54) is 16.6 Å². The molecule has 1 aliphatic heterocycles. The highest BCUT2D eigenvalue weighted by atomic mass is 16.2. The molecule has 122 valence electrons. The van der Waals surface area contributed by atoms with Crippen LogP contribution in [0.3, 0.4) is 0 Å². The smallest absolute Gasteiger partial charge is 0.321 e. The van der Waals surface area contributed by atoms with Gasteiger partial charge in [-0.05, 0) is 11.5 Å². The SMILES string of the molecule is C[C@@H]1CN(Cc2ccccc2)C[C@@H]1NC(=O)Nc1ncnn1C. The van der Waals surface area contributed by atoms with E-state index in [0.717, 1.165) is 19.6 Å². The van der Waals surface area contributed by atoms with Crippen LogP contribution in [0.4, 0.5) is 10.7 Å². The van der Waals surface area contributed by atoms with Gasteiger partial charge in [0.25, 0.3) is 0 Å². The topological polar surface area (TPSA) is 75.1 Å². The number of carbonyl (C=O) groups is 1. The normalized spacial score (nSPS) is 21.3. The Bertz CT molecular complexity index is 656. The van der Waals surface area contributed by atoms with Gasteiger partial charge < -0.3 is 5.32 Å². The maximum absolute atomic E-state index is 12.1. The van der Waals surface area contributed by atoms with Crippen LogP contribution in [-0.2, 0) is 13.6 Å². The summed E-state index contributed by atoms with van der Waals surface area (Å²) in [5, 5.41) is 9.69. The molecule has 2 N–H and O–H groups in total. The highest BCUT2D eigenvalue weighted by Gasteiger charge is 2.30. The Morgan fingerprint density at radius 3 is 2.78 bits per heavy atom. The first-order valence-corrected chi connectivity index (χ1v) is 7.79. The summed E-state index contributed by atoms with van der Waals surface area (Å²) in [6.07, 6.45) is 1.41. The molecule has 2 heterocycles. The lowest BCUT2D eigenvalue weighted by atomic mass is 10.1. The van der Waals surface area contributed by atoms with E-state index in [0.29, 0.717) is 11.9 Å². The van der Waals surface area contributed by atoms with Crippen molar-refractivity contribution in [3.05, 3.63) is 42.2 Å². The Balaban J connectivity index is 1.52. The van der Waals surface area contributed by atoms with Crippen LogP contribution in [0.1, 0.15) is 12.5 Å². The molecule has 1 aromatic carbocycles. The first-order chi connectivity index (χ1) is 11.1. The molecule has 23 heavy (non-hydrogen) atoms. The van der Waals surface area contributed by atoms with E-state index in [1.807, 2.05) is 6.07 Å². The van der Waals surface area contributed by atoms with Crippen LogP contribution in [0.5, 0.6) is 0 Å². The molecule has 0 unspecified atom stereocenters. The number of amides is 2. The van der Waals surface area contributed by atoms with Gasteiger partial charge in [-0.15, -0.1) is 0 Å². The summed E-state index contributed by atoms with van der Waals surface area (Å²) in [6, 6.07) is 10.3. The fraction of sp³-hybridized carbons (Fsp3) is 0.438. The van der Waals surface area contributed by atoms with Crippen molar-refractivity contribution in [3.63, 3.8) is 0 Å². The van der Waals surface area contributed by atoms with Crippen molar-refractivity contribution in [3.8, 4) is 0 Å². The number of rotatable bonds is 4. The van der Waals surface area contributed by atoms with Gasteiger partial charge in [0.05, 0.1) is 0 Å². The van der Waals surface area contributed by atoms with Crippen molar-refractivity contribution in [2.24, 2.45) is 13.0 Å². The number of aryl methyl sites for hydroxylation is 1. The van der Waals surface area contributed by atoms with Gasteiger partial charge in [0.2, 0.25) is 5.95 Å². The molecular formula is C16H22N6O. The summed E-state index contributed by atoms with van der Waals surface area (Å²) in [6.45, 7) is 4.90. The first kappa shape index (κ1) is 15.5. The summed E-state index contributed by atoms with van der Waals surface area (Å²) in [5.41, 5.74) is 1.30. The molecular weight excluding hydrogens is 292 g/mol. The molecule has 7 nitrogen and oxygen atoms in total. The number of likely N-dealkylation sites (tertiary alicyclic amines) is 1. The number of hydrogen-bond acceptors (Lipinski definition) is 4. The zero-order valence-corrected chi connectivity index (χ0v) is 13.4. The van der Waals surface area contributed by atoms with Crippen LogP contribution in [-0.4, -0.2) is 44.8 Å². The monoisotopic (exact) mass is 314 g/mol. The van der Waals surface area contributed by atoms with Gasteiger partial charge in [-0.3, -0.25) is 10.2 Å². The van der Waals surface area contributed by atoms with Crippen molar-refractivity contribution in [2.45, 2.75) is 19.5 Å². The fourth-order valence-corrected chi connectivity index (χ4v) is 2.94. The van der Waals surface area contributed by atoms with Crippen LogP contribution in [0.25, 0.3) is 0 Å². The van der Waals surface area contributed by atoms with E-state index in [4.69, 9.17) is 0 Å². The molecule has 0 radical (unpaired) electrons. The third-order valence-electron chi connectivity index (χ3n) is 4.19. The minimum absolute atomic E-state index is 0.131. The second kappa shape index (κ2) is 6.78. The van der Waals surface area contributed by atoms with Crippen molar-refractivity contribution in [1.29, 1.82) is 0 Å². The Kier molecular flexibility index (Phi) is 4.57. The lowest BCUT2D eigenvalue weighted by Crippen LogP contribution is -2.42. The Labute approximate surface area is 135 Å². The zero-order chi connectivity index (χ0) is 16.2. The van der Waals surface area contributed by atoms with E-state index >= 15 is 0 Å². The summed E-state index contributed by atoms with van der Waals surface area (Å²) in [4.78, 5) is 18.5. The number of anilines is 1. The number of nitrogens with zero attached hydrogens (tertiary/aromatic N) is 4.